The summed E-state index contributed by atoms with van der Waals surface area (Å²) in [7, 11) is 0. The summed E-state index contributed by atoms with van der Waals surface area (Å²) < 4.78 is 0. The Hall–Kier alpha value is -1.40. The lowest BCUT2D eigenvalue weighted by molar-refractivity contribution is 0.0701. The van der Waals surface area contributed by atoms with E-state index in [1.54, 1.807) is 5.38 Å². The number of nitrogens with zero attached hydrogens (tertiary/aromatic N) is 2. The van der Waals surface area contributed by atoms with Crippen molar-refractivity contribution in [1.82, 2.24) is 9.97 Å². The predicted molar refractivity (Wildman–Crippen MR) is 77.1 cm³/mol. The molecule has 0 fully saturated rings. The van der Waals surface area contributed by atoms with Crippen LogP contribution in [-0.2, 0) is 5.75 Å². The van der Waals surface area contributed by atoms with Crippen molar-refractivity contribution in [3.63, 3.8) is 0 Å². The number of hydrogen-bond donors (Lipinski definition) is 1. The molecule has 0 saturated carbocycles. The number of rotatable bonds is 4. The Morgan fingerprint density at radius 1 is 1.32 bits per heavy atom. The van der Waals surface area contributed by atoms with Gasteiger partial charge in [-0.2, -0.15) is 0 Å². The molecule has 0 saturated heterocycles. The minimum absolute atomic E-state index is 0.396. The molecule has 4 nitrogen and oxygen atoms in total. The zero-order valence-electron chi connectivity index (χ0n) is 10.9. The number of thioether (sulfide) groups is 1. The van der Waals surface area contributed by atoms with E-state index in [2.05, 4.69) is 9.97 Å². The molecule has 0 atom stereocenters. The highest BCUT2D eigenvalue weighted by atomic mass is 32.2. The first-order valence-electron chi connectivity index (χ1n) is 5.73. The molecule has 6 heteroatoms. The Bertz CT molecular complexity index is 600. The van der Waals surface area contributed by atoms with E-state index in [9.17, 15) is 4.79 Å². The molecule has 2 aromatic rings. The van der Waals surface area contributed by atoms with Crippen molar-refractivity contribution < 1.29 is 9.90 Å². The predicted octanol–water partition coefficient (Wildman–Crippen LogP) is 3.45. The summed E-state index contributed by atoms with van der Waals surface area (Å²) in [6.07, 6.45) is 0. The zero-order valence-corrected chi connectivity index (χ0v) is 12.6. The minimum atomic E-state index is -0.872. The number of hydrogen-bond acceptors (Lipinski definition) is 5. The van der Waals surface area contributed by atoms with E-state index in [1.165, 1.54) is 23.1 Å². The van der Waals surface area contributed by atoms with Crippen molar-refractivity contribution in [1.29, 1.82) is 0 Å². The maximum atomic E-state index is 11.0. The van der Waals surface area contributed by atoms with E-state index in [4.69, 9.17) is 5.11 Å². The monoisotopic (exact) mass is 294 g/mol. The van der Waals surface area contributed by atoms with Gasteiger partial charge in [-0.15, -0.1) is 11.3 Å². The summed E-state index contributed by atoms with van der Waals surface area (Å²) in [6, 6.07) is 1.84. The molecule has 0 aliphatic heterocycles. The Kier molecular flexibility index (Phi) is 4.21. The SMILES string of the molecule is Cc1nc(SCc2ccsc2C(=O)O)nc(C)c1C. The lowest BCUT2D eigenvalue weighted by Gasteiger charge is -2.06. The van der Waals surface area contributed by atoms with Crippen molar-refractivity contribution >= 4 is 29.1 Å². The summed E-state index contributed by atoms with van der Waals surface area (Å²) in [5, 5.41) is 11.5. The summed E-state index contributed by atoms with van der Waals surface area (Å²) in [6.45, 7) is 5.92. The molecule has 2 heterocycles. The molecular formula is C13H14N2O2S2. The topological polar surface area (TPSA) is 63.1 Å². The maximum Gasteiger partial charge on any atom is 0.346 e. The zero-order chi connectivity index (χ0) is 14.0. The van der Waals surface area contributed by atoms with E-state index in [0.29, 0.717) is 15.8 Å². The van der Waals surface area contributed by atoms with Gasteiger partial charge in [-0.25, -0.2) is 14.8 Å². The molecule has 0 bridgehead atoms. The van der Waals surface area contributed by atoms with Gasteiger partial charge < -0.3 is 5.11 Å². The summed E-state index contributed by atoms with van der Waals surface area (Å²) in [5.41, 5.74) is 3.87. The van der Waals surface area contributed by atoms with Gasteiger partial charge in [-0.3, -0.25) is 0 Å². The number of aromatic nitrogens is 2. The molecule has 0 radical (unpaired) electrons. The van der Waals surface area contributed by atoms with E-state index in [1.807, 2.05) is 26.8 Å². The van der Waals surface area contributed by atoms with Crippen LogP contribution in [0.5, 0.6) is 0 Å². The molecule has 0 aromatic carbocycles. The van der Waals surface area contributed by atoms with Crippen LogP contribution >= 0.6 is 23.1 Å². The summed E-state index contributed by atoms with van der Waals surface area (Å²) in [4.78, 5) is 20.2. The molecule has 0 aliphatic rings. The van der Waals surface area contributed by atoms with Crippen LogP contribution in [0.25, 0.3) is 0 Å². The number of aryl methyl sites for hydroxylation is 2. The fraction of sp³-hybridized carbons (Fsp3) is 0.308. The molecular weight excluding hydrogens is 280 g/mol. The van der Waals surface area contributed by atoms with E-state index < -0.39 is 5.97 Å². The highest BCUT2D eigenvalue weighted by Gasteiger charge is 2.13. The highest BCUT2D eigenvalue weighted by molar-refractivity contribution is 7.98. The van der Waals surface area contributed by atoms with Gasteiger partial charge in [0.25, 0.3) is 0 Å². The fourth-order valence-electron chi connectivity index (χ4n) is 1.59. The van der Waals surface area contributed by atoms with Crippen molar-refractivity contribution in [3.05, 3.63) is 38.8 Å². The highest BCUT2D eigenvalue weighted by Crippen LogP contribution is 2.26. The van der Waals surface area contributed by atoms with E-state index >= 15 is 0 Å². The van der Waals surface area contributed by atoms with Crippen molar-refractivity contribution in [2.75, 3.05) is 0 Å². The van der Waals surface area contributed by atoms with Gasteiger partial charge >= 0.3 is 5.97 Å². The summed E-state index contributed by atoms with van der Waals surface area (Å²) in [5.74, 6) is -0.296. The largest absolute Gasteiger partial charge is 0.477 e. The summed E-state index contributed by atoms with van der Waals surface area (Å²) >= 11 is 2.72. The van der Waals surface area contributed by atoms with Gasteiger partial charge in [0, 0.05) is 17.1 Å². The first-order valence-corrected chi connectivity index (χ1v) is 7.60. The van der Waals surface area contributed by atoms with Gasteiger partial charge in [0.2, 0.25) is 0 Å². The second kappa shape index (κ2) is 5.71. The number of aromatic carboxylic acids is 1. The van der Waals surface area contributed by atoms with Crippen LogP contribution in [0.1, 0.15) is 32.2 Å². The van der Waals surface area contributed by atoms with Crippen LogP contribution in [-0.4, -0.2) is 21.0 Å². The van der Waals surface area contributed by atoms with E-state index in [0.717, 1.165) is 22.5 Å². The minimum Gasteiger partial charge on any atom is -0.477 e. The van der Waals surface area contributed by atoms with Crippen LogP contribution in [0.15, 0.2) is 16.6 Å². The third-order valence-corrected chi connectivity index (χ3v) is 4.75. The Morgan fingerprint density at radius 3 is 2.53 bits per heavy atom. The van der Waals surface area contributed by atoms with Crippen LogP contribution < -0.4 is 0 Å². The first kappa shape index (κ1) is 14.0. The second-order valence-corrected chi connectivity index (χ2v) is 6.03. The van der Waals surface area contributed by atoms with Crippen LogP contribution in [0, 0.1) is 20.8 Å². The smallest absolute Gasteiger partial charge is 0.346 e. The Labute approximate surface area is 119 Å². The number of carboxylic acids is 1. The van der Waals surface area contributed by atoms with Crippen LogP contribution in [0.2, 0.25) is 0 Å². The molecule has 0 aliphatic carbocycles. The van der Waals surface area contributed by atoms with Gasteiger partial charge in [0.1, 0.15) is 4.88 Å². The third-order valence-electron chi connectivity index (χ3n) is 2.91. The maximum absolute atomic E-state index is 11.0. The van der Waals surface area contributed by atoms with Crippen molar-refractivity contribution in [2.24, 2.45) is 0 Å². The molecule has 1 N–H and O–H groups in total. The van der Waals surface area contributed by atoms with Gasteiger partial charge in [0.15, 0.2) is 5.16 Å². The normalized spacial score (nSPS) is 10.7. The average molecular weight is 294 g/mol. The lowest BCUT2D eigenvalue weighted by Crippen LogP contribution is -1.99. The fourth-order valence-corrected chi connectivity index (χ4v) is 3.37. The number of carbonyl (C=O) groups is 1. The second-order valence-electron chi connectivity index (χ2n) is 4.17. The lowest BCUT2D eigenvalue weighted by atomic mass is 10.2. The van der Waals surface area contributed by atoms with Crippen LogP contribution in [0.3, 0.4) is 0 Å². The Morgan fingerprint density at radius 2 is 1.95 bits per heavy atom. The molecule has 0 amide bonds. The Balaban J connectivity index is 2.15. The quantitative estimate of drug-likeness (QED) is 0.691. The molecule has 2 aromatic heterocycles. The molecule has 19 heavy (non-hydrogen) atoms. The average Bonchev–Trinajstić information content (AvgIpc) is 2.81. The first-order chi connectivity index (χ1) is 8.99. The standard InChI is InChI=1S/C13H14N2O2S2/c1-7-8(2)14-13(15-9(7)3)19-6-10-4-5-18-11(10)12(16)17/h4-5H,6H2,1-3H3,(H,16,17). The number of carboxylic acid groups (broad SMARTS) is 1. The van der Waals surface area contributed by atoms with Gasteiger partial charge in [0.05, 0.1) is 0 Å². The van der Waals surface area contributed by atoms with Gasteiger partial charge in [-0.1, -0.05) is 11.8 Å². The number of thiophene rings is 1. The third kappa shape index (κ3) is 3.13. The van der Waals surface area contributed by atoms with E-state index in [-0.39, 0.29) is 0 Å². The van der Waals surface area contributed by atoms with Crippen LogP contribution in [0.4, 0.5) is 0 Å². The van der Waals surface area contributed by atoms with Gasteiger partial charge in [-0.05, 0) is 43.3 Å². The molecule has 100 valence electrons. The van der Waals surface area contributed by atoms with Crippen molar-refractivity contribution in [3.8, 4) is 0 Å². The van der Waals surface area contributed by atoms with Crippen molar-refractivity contribution in [2.45, 2.75) is 31.7 Å². The molecule has 0 unspecified atom stereocenters. The molecule has 0 spiro atoms. The molecule has 2 rings (SSSR count).